The third-order valence-corrected chi connectivity index (χ3v) is 4.69. The Kier molecular flexibility index (Phi) is 4.15. The van der Waals surface area contributed by atoms with Gasteiger partial charge in [0.1, 0.15) is 0 Å². The Morgan fingerprint density at radius 2 is 1.83 bits per heavy atom. The summed E-state index contributed by atoms with van der Waals surface area (Å²) in [5.74, 6) is 0. The van der Waals surface area contributed by atoms with E-state index in [0.29, 0.717) is 12.6 Å². The van der Waals surface area contributed by atoms with Crippen molar-refractivity contribution in [3.05, 3.63) is 82.1 Å². The van der Waals surface area contributed by atoms with Crippen LogP contribution < -0.4 is 10.9 Å². The predicted octanol–water partition coefficient (Wildman–Crippen LogP) is 2.67. The average Bonchev–Trinajstić information content (AvgIpc) is 2.63. The molecular formula is C20H21N3O. The summed E-state index contributed by atoms with van der Waals surface area (Å²) in [6.07, 6.45) is 0. The second-order valence-corrected chi connectivity index (χ2v) is 6.36. The molecule has 1 saturated heterocycles. The zero-order chi connectivity index (χ0) is 16.4. The Labute approximate surface area is 141 Å². The van der Waals surface area contributed by atoms with E-state index in [1.54, 1.807) is 0 Å². The van der Waals surface area contributed by atoms with Gasteiger partial charge in [-0.25, -0.2) is 0 Å². The number of benzene rings is 2. The molecule has 0 radical (unpaired) electrons. The van der Waals surface area contributed by atoms with E-state index in [-0.39, 0.29) is 5.56 Å². The lowest BCUT2D eigenvalue weighted by molar-refractivity contribution is 0.192. The molecular weight excluding hydrogens is 298 g/mol. The SMILES string of the molecule is O=c1[nH]c2ccccc2cc1CN1CCN[C@@H](c2ccccc2)C1. The van der Waals surface area contributed by atoms with Crippen LogP contribution >= 0.6 is 0 Å². The first-order valence-electron chi connectivity index (χ1n) is 8.41. The highest BCUT2D eigenvalue weighted by Crippen LogP contribution is 2.18. The van der Waals surface area contributed by atoms with Gasteiger partial charge in [-0.05, 0) is 23.1 Å². The molecule has 0 saturated carbocycles. The van der Waals surface area contributed by atoms with Crippen LogP contribution in [0.1, 0.15) is 17.2 Å². The number of fused-ring (bicyclic) bond motifs is 1. The molecule has 4 rings (SSSR count). The highest BCUT2D eigenvalue weighted by atomic mass is 16.1. The molecule has 24 heavy (non-hydrogen) atoms. The van der Waals surface area contributed by atoms with Crippen molar-refractivity contribution in [3.63, 3.8) is 0 Å². The van der Waals surface area contributed by atoms with E-state index < -0.39 is 0 Å². The fraction of sp³-hybridized carbons (Fsp3) is 0.250. The molecule has 3 aromatic rings. The molecule has 4 nitrogen and oxygen atoms in total. The number of H-pyrrole nitrogens is 1. The van der Waals surface area contributed by atoms with Gasteiger partial charge in [0, 0.05) is 43.3 Å². The van der Waals surface area contributed by atoms with E-state index in [4.69, 9.17) is 0 Å². The minimum atomic E-state index is 0.0171. The van der Waals surface area contributed by atoms with E-state index >= 15 is 0 Å². The van der Waals surface area contributed by atoms with E-state index in [9.17, 15) is 4.79 Å². The number of aromatic nitrogens is 1. The molecule has 1 atom stereocenters. The van der Waals surface area contributed by atoms with Crippen molar-refractivity contribution in [2.45, 2.75) is 12.6 Å². The number of aromatic amines is 1. The van der Waals surface area contributed by atoms with E-state index in [2.05, 4.69) is 39.5 Å². The van der Waals surface area contributed by atoms with Crippen molar-refractivity contribution in [2.24, 2.45) is 0 Å². The molecule has 1 aromatic heterocycles. The number of piperazine rings is 1. The average molecular weight is 319 g/mol. The second kappa shape index (κ2) is 6.59. The topological polar surface area (TPSA) is 48.1 Å². The molecule has 2 aromatic carbocycles. The van der Waals surface area contributed by atoms with Crippen LogP contribution in [-0.4, -0.2) is 29.5 Å². The lowest BCUT2D eigenvalue weighted by Gasteiger charge is -2.33. The van der Waals surface area contributed by atoms with Crippen LogP contribution in [0.2, 0.25) is 0 Å². The van der Waals surface area contributed by atoms with Gasteiger partial charge in [0.05, 0.1) is 0 Å². The van der Waals surface area contributed by atoms with Crippen molar-refractivity contribution in [2.75, 3.05) is 19.6 Å². The summed E-state index contributed by atoms with van der Waals surface area (Å²) in [6, 6.07) is 20.8. The van der Waals surface area contributed by atoms with Crippen molar-refractivity contribution >= 4 is 10.9 Å². The number of rotatable bonds is 3. The lowest BCUT2D eigenvalue weighted by atomic mass is 10.0. The molecule has 2 heterocycles. The first kappa shape index (κ1) is 15.1. The van der Waals surface area contributed by atoms with Crippen LogP contribution in [0, 0.1) is 0 Å². The van der Waals surface area contributed by atoms with E-state index in [0.717, 1.165) is 36.1 Å². The van der Waals surface area contributed by atoms with Gasteiger partial charge in [-0.3, -0.25) is 9.69 Å². The van der Waals surface area contributed by atoms with Gasteiger partial charge < -0.3 is 10.3 Å². The van der Waals surface area contributed by atoms with Gasteiger partial charge in [0.15, 0.2) is 0 Å². The number of nitrogens with one attached hydrogen (secondary N) is 2. The molecule has 0 aliphatic carbocycles. The van der Waals surface area contributed by atoms with Crippen LogP contribution in [0.5, 0.6) is 0 Å². The van der Waals surface area contributed by atoms with Crippen LogP contribution in [-0.2, 0) is 6.54 Å². The molecule has 1 fully saturated rings. The summed E-state index contributed by atoms with van der Waals surface area (Å²) in [6.45, 7) is 3.49. The van der Waals surface area contributed by atoms with Gasteiger partial charge in [-0.15, -0.1) is 0 Å². The Hall–Kier alpha value is -2.43. The zero-order valence-corrected chi connectivity index (χ0v) is 13.5. The van der Waals surface area contributed by atoms with Crippen molar-refractivity contribution in [1.29, 1.82) is 0 Å². The van der Waals surface area contributed by atoms with Gasteiger partial charge >= 0.3 is 0 Å². The molecule has 0 unspecified atom stereocenters. The molecule has 2 N–H and O–H groups in total. The molecule has 0 amide bonds. The monoisotopic (exact) mass is 319 g/mol. The van der Waals surface area contributed by atoms with Crippen LogP contribution in [0.3, 0.4) is 0 Å². The summed E-state index contributed by atoms with van der Waals surface area (Å²) in [4.78, 5) is 17.7. The number of nitrogens with zero attached hydrogens (tertiary/aromatic N) is 1. The molecule has 0 spiro atoms. The highest BCUT2D eigenvalue weighted by molar-refractivity contribution is 5.78. The van der Waals surface area contributed by atoms with Gasteiger partial charge in [-0.2, -0.15) is 0 Å². The summed E-state index contributed by atoms with van der Waals surface area (Å²) >= 11 is 0. The summed E-state index contributed by atoms with van der Waals surface area (Å²) < 4.78 is 0. The smallest absolute Gasteiger partial charge is 0.252 e. The van der Waals surface area contributed by atoms with Gasteiger partial charge in [0.25, 0.3) is 5.56 Å². The Balaban J connectivity index is 1.55. The fourth-order valence-corrected chi connectivity index (χ4v) is 3.41. The Bertz CT molecular complexity index is 888. The second-order valence-electron chi connectivity index (χ2n) is 6.36. The predicted molar refractivity (Wildman–Crippen MR) is 97.0 cm³/mol. The Morgan fingerprint density at radius 3 is 2.71 bits per heavy atom. The summed E-state index contributed by atoms with van der Waals surface area (Å²) in [5.41, 5.74) is 3.05. The molecule has 4 heteroatoms. The quantitative estimate of drug-likeness (QED) is 0.780. The van der Waals surface area contributed by atoms with E-state index in [1.165, 1.54) is 5.56 Å². The van der Waals surface area contributed by atoms with Gasteiger partial charge in [-0.1, -0.05) is 48.5 Å². The number of para-hydroxylation sites is 1. The number of hydrogen-bond donors (Lipinski definition) is 2. The first-order valence-corrected chi connectivity index (χ1v) is 8.41. The largest absolute Gasteiger partial charge is 0.322 e. The van der Waals surface area contributed by atoms with Gasteiger partial charge in [0.2, 0.25) is 0 Å². The maximum atomic E-state index is 12.4. The Morgan fingerprint density at radius 1 is 1.04 bits per heavy atom. The van der Waals surface area contributed by atoms with Crippen molar-refractivity contribution < 1.29 is 0 Å². The molecule has 0 bridgehead atoms. The fourth-order valence-electron chi connectivity index (χ4n) is 3.41. The van der Waals surface area contributed by atoms with Crippen LogP contribution in [0.25, 0.3) is 10.9 Å². The van der Waals surface area contributed by atoms with Crippen molar-refractivity contribution in [1.82, 2.24) is 15.2 Å². The molecule has 1 aliphatic heterocycles. The first-order chi connectivity index (χ1) is 11.8. The maximum absolute atomic E-state index is 12.4. The summed E-state index contributed by atoms with van der Waals surface area (Å²) in [7, 11) is 0. The van der Waals surface area contributed by atoms with E-state index in [1.807, 2.05) is 36.4 Å². The standard InChI is InChI=1S/C20H21N3O/c24-20-17(12-16-8-4-5-9-18(16)22-20)13-23-11-10-21-19(14-23)15-6-2-1-3-7-15/h1-9,12,19,21H,10-11,13-14H2,(H,22,24)/t19-/m1/s1. The normalized spacial score (nSPS) is 18.8. The number of hydrogen-bond acceptors (Lipinski definition) is 3. The third kappa shape index (κ3) is 3.11. The molecule has 122 valence electrons. The van der Waals surface area contributed by atoms with Crippen LogP contribution in [0.15, 0.2) is 65.5 Å². The highest BCUT2D eigenvalue weighted by Gasteiger charge is 2.21. The summed E-state index contributed by atoms with van der Waals surface area (Å²) in [5, 5.41) is 4.65. The van der Waals surface area contributed by atoms with Crippen LogP contribution in [0.4, 0.5) is 0 Å². The maximum Gasteiger partial charge on any atom is 0.252 e. The molecule has 1 aliphatic rings. The third-order valence-electron chi connectivity index (χ3n) is 4.69. The zero-order valence-electron chi connectivity index (χ0n) is 13.5. The number of pyridine rings is 1. The lowest BCUT2D eigenvalue weighted by Crippen LogP contribution is -2.45. The minimum Gasteiger partial charge on any atom is -0.322 e. The minimum absolute atomic E-state index is 0.0171. The van der Waals surface area contributed by atoms with Crippen molar-refractivity contribution in [3.8, 4) is 0 Å².